The van der Waals surface area contributed by atoms with Crippen LogP contribution in [-0.4, -0.2) is 20.5 Å². The molecular weight excluding hydrogens is 242 g/mol. The van der Waals surface area contributed by atoms with E-state index >= 15 is 0 Å². The van der Waals surface area contributed by atoms with Crippen LogP contribution in [0.5, 0.6) is 0 Å². The maximum Gasteiger partial charge on any atom is 0.356 e. The Kier molecular flexibility index (Phi) is 2.36. The summed E-state index contributed by atoms with van der Waals surface area (Å²) >= 11 is 0. The fourth-order valence-corrected chi connectivity index (χ4v) is 2.49. The molecule has 5 nitrogen and oxygen atoms in total. The molecule has 2 aromatic rings. The van der Waals surface area contributed by atoms with Crippen LogP contribution in [0.3, 0.4) is 0 Å². The van der Waals surface area contributed by atoms with E-state index in [0.717, 1.165) is 18.4 Å². The quantitative estimate of drug-likeness (QED) is 0.911. The van der Waals surface area contributed by atoms with Crippen molar-refractivity contribution < 1.29 is 9.90 Å². The minimum atomic E-state index is -1.01. The average Bonchev–Trinajstić information content (AvgIpc) is 3.12. The third-order valence-electron chi connectivity index (χ3n) is 3.78. The number of aryl methyl sites for hydroxylation is 1. The zero-order valence-corrected chi connectivity index (χ0v) is 10.6. The molecule has 1 saturated carbocycles. The molecule has 0 unspecified atom stereocenters. The highest BCUT2D eigenvalue weighted by molar-refractivity contribution is 5.88. The summed E-state index contributed by atoms with van der Waals surface area (Å²) in [6, 6.07) is 6.07. The first-order chi connectivity index (χ1) is 9.11. The van der Waals surface area contributed by atoms with Gasteiger partial charge >= 0.3 is 5.97 Å². The van der Waals surface area contributed by atoms with Gasteiger partial charge in [-0.2, -0.15) is 5.26 Å². The predicted octanol–water partition coefficient (Wildman–Crippen LogP) is 2.15. The molecule has 0 amide bonds. The Morgan fingerprint density at radius 3 is 2.89 bits per heavy atom. The van der Waals surface area contributed by atoms with Crippen LogP contribution in [0.4, 0.5) is 0 Å². The first kappa shape index (κ1) is 11.7. The number of fused-ring (bicyclic) bond motifs is 1. The summed E-state index contributed by atoms with van der Waals surface area (Å²) in [5.74, 6) is -1.01. The van der Waals surface area contributed by atoms with Crippen LogP contribution in [-0.2, 0) is 11.8 Å². The van der Waals surface area contributed by atoms with Gasteiger partial charge in [0.15, 0.2) is 5.69 Å². The van der Waals surface area contributed by atoms with Gasteiger partial charge in [-0.15, -0.1) is 0 Å². The number of carboxylic acids is 1. The zero-order valence-electron chi connectivity index (χ0n) is 10.6. The van der Waals surface area contributed by atoms with Gasteiger partial charge in [0.05, 0.1) is 17.2 Å². The van der Waals surface area contributed by atoms with E-state index in [1.54, 1.807) is 4.40 Å². The fraction of sp³-hybridized carbons (Fsp3) is 0.357. The van der Waals surface area contributed by atoms with Crippen molar-refractivity contribution in [3.63, 3.8) is 0 Å². The van der Waals surface area contributed by atoms with E-state index in [1.807, 2.05) is 25.3 Å². The molecule has 2 heterocycles. The van der Waals surface area contributed by atoms with Crippen LogP contribution < -0.4 is 0 Å². The van der Waals surface area contributed by atoms with Crippen molar-refractivity contribution in [1.29, 1.82) is 5.26 Å². The highest BCUT2D eigenvalue weighted by atomic mass is 16.4. The highest BCUT2D eigenvalue weighted by Crippen LogP contribution is 2.47. The van der Waals surface area contributed by atoms with Gasteiger partial charge in [-0.3, -0.25) is 0 Å². The summed E-state index contributed by atoms with van der Waals surface area (Å²) < 4.78 is 1.79. The highest BCUT2D eigenvalue weighted by Gasteiger charge is 2.45. The molecule has 96 valence electrons. The molecule has 1 aliphatic carbocycles. The molecule has 0 atom stereocenters. The molecule has 0 saturated heterocycles. The standard InChI is InChI=1S/C14H13N3O2/c1-2-10-12(13(18)19)16-11-7-9(3-6-17(10)11)14(8-15)4-5-14/h3,6-7H,2,4-5H2,1H3,(H,18,19). The normalized spacial score (nSPS) is 16.2. The number of hydrogen-bond donors (Lipinski definition) is 1. The van der Waals surface area contributed by atoms with Gasteiger partial charge in [0.2, 0.25) is 0 Å². The summed E-state index contributed by atoms with van der Waals surface area (Å²) in [6.45, 7) is 1.90. The van der Waals surface area contributed by atoms with Gasteiger partial charge in [0.25, 0.3) is 0 Å². The maximum atomic E-state index is 11.2. The number of rotatable bonds is 3. The summed E-state index contributed by atoms with van der Waals surface area (Å²) in [6.07, 6.45) is 4.16. The zero-order chi connectivity index (χ0) is 13.6. The lowest BCUT2D eigenvalue weighted by atomic mass is 9.99. The number of imidazole rings is 1. The monoisotopic (exact) mass is 255 g/mol. The fourth-order valence-electron chi connectivity index (χ4n) is 2.49. The number of aromatic carboxylic acids is 1. The summed E-state index contributed by atoms with van der Waals surface area (Å²) in [5, 5.41) is 18.4. The van der Waals surface area contributed by atoms with Gasteiger partial charge in [-0.25, -0.2) is 9.78 Å². The van der Waals surface area contributed by atoms with Gasteiger partial charge in [0, 0.05) is 6.20 Å². The largest absolute Gasteiger partial charge is 0.476 e. The van der Waals surface area contributed by atoms with Gasteiger partial charge < -0.3 is 9.51 Å². The number of nitrogens with zero attached hydrogens (tertiary/aromatic N) is 3. The number of carboxylic acid groups (broad SMARTS) is 1. The number of hydrogen-bond acceptors (Lipinski definition) is 3. The van der Waals surface area contributed by atoms with E-state index in [-0.39, 0.29) is 11.1 Å². The Balaban J connectivity index is 2.20. The Bertz CT molecular complexity index is 720. The van der Waals surface area contributed by atoms with Crippen LogP contribution in [0, 0.1) is 11.3 Å². The van der Waals surface area contributed by atoms with Crippen molar-refractivity contribution in [2.24, 2.45) is 0 Å². The predicted molar refractivity (Wildman–Crippen MR) is 68.1 cm³/mol. The molecule has 0 aliphatic heterocycles. The number of nitriles is 1. The van der Waals surface area contributed by atoms with E-state index in [1.165, 1.54) is 0 Å². The third kappa shape index (κ3) is 1.60. The molecule has 1 aliphatic rings. The third-order valence-corrected chi connectivity index (χ3v) is 3.78. The Morgan fingerprint density at radius 1 is 1.63 bits per heavy atom. The molecule has 0 spiro atoms. The van der Waals surface area contributed by atoms with E-state index in [4.69, 9.17) is 5.11 Å². The van der Waals surface area contributed by atoms with Gasteiger partial charge in [0.1, 0.15) is 5.65 Å². The maximum absolute atomic E-state index is 11.2. The molecular formula is C14H13N3O2. The van der Waals surface area contributed by atoms with E-state index in [9.17, 15) is 10.1 Å². The number of carbonyl (C=O) groups is 1. The molecule has 1 N–H and O–H groups in total. The summed E-state index contributed by atoms with van der Waals surface area (Å²) in [4.78, 5) is 15.3. The molecule has 0 bridgehead atoms. The van der Waals surface area contributed by atoms with E-state index < -0.39 is 5.97 Å². The Hall–Kier alpha value is -2.35. The first-order valence-corrected chi connectivity index (χ1v) is 6.27. The molecule has 19 heavy (non-hydrogen) atoms. The van der Waals surface area contributed by atoms with E-state index in [2.05, 4.69) is 11.1 Å². The summed E-state index contributed by atoms with van der Waals surface area (Å²) in [7, 11) is 0. The van der Waals surface area contributed by atoms with Crippen molar-refractivity contribution in [3.05, 3.63) is 35.3 Å². The van der Waals surface area contributed by atoms with Gasteiger partial charge in [-0.1, -0.05) is 6.92 Å². The lowest BCUT2D eigenvalue weighted by molar-refractivity contribution is 0.0690. The molecule has 1 fully saturated rings. The lowest BCUT2D eigenvalue weighted by Crippen LogP contribution is -2.04. The smallest absolute Gasteiger partial charge is 0.356 e. The molecule has 3 rings (SSSR count). The van der Waals surface area contributed by atoms with Gasteiger partial charge in [-0.05, 0) is 37.0 Å². The van der Waals surface area contributed by atoms with Crippen LogP contribution in [0.15, 0.2) is 18.3 Å². The summed E-state index contributed by atoms with van der Waals surface area (Å²) in [5.41, 5.74) is 1.96. The molecule has 0 radical (unpaired) electrons. The van der Waals surface area contributed by atoms with Crippen LogP contribution in [0.25, 0.3) is 5.65 Å². The average molecular weight is 255 g/mol. The van der Waals surface area contributed by atoms with Crippen molar-refractivity contribution in [2.45, 2.75) is 31.6 Å². The second-order valence-electron chi connectivity index (χ2n) is 4.90. The van der Waals surface area contributed by atoms with Crippen LogP contribution >= 0.6 is 0 Å². The molecule has 2 aromatic heterocycles. The van der Waals surface area contributed by atoms with Crippen molar-refractivity contribution in [1.82, 2.24) is 9.38 Å². The minimum absolute atomic E-state index is 0.0986. The second-order valence-corrected chi connectivity index (χ2v) is 4.90. The minimum Gasteiger partial charge on any atom is -0.476 e. The molecule has 0 aromatic carbocycles. The molecule has 5 heteroatoms. The van der Waals surface area contributed by atoms with E-state index in [0.29, 0.717) is 17.8 Å². The van der Waals surface area contributed by atoms with Crippen molar-refractivity contribution >= 4 is 11.6 Å². The van der Waals surface area contributed by atoms with Crippen molar-refractivity contribution in [2.75, 3.05) is 0 Å². The lowest BCUT2D eigenvalue weighted by Gasteiger charge is -2.06. The first-order valence-electron chi connectivity index (χ1n) is 6.27. The topological polar surface area (TPSA) is 78.4 Å². The SMILES string of the molecule is CCc1c(C(=O)O)nc2cc(C3(C#N)CC3)ccn12. The second kappa shape index (κ2) is 3.82. The Labute approximate surface area is 110 Å². The number of aromatic nitrogens is 2. The van der Waals surface area contributed by atoms with Crippen molar-refractivity contribution in [3.8, 4) is 6.07 Å². The Morgan fingerprint density at radius 2 is 2.37 bits per heavy atom. The number of pyridine rings is 1. The van der Waals surface area contributed by atoms with Crippen LogP contribution in [0.2, 0.25) is 0 Å². The van der Waals surface area contributed by atoms with Crippen LogP contribution in [0.1, 0.15) is 41.5 Å².